The van der Waals surface area contributed by atoms with E-state index >= 15 is 0 Å². The van der Waals surface area contributed by atoms with Crippen molar-refractivity contribution < 1.29 is 9.59 Å². The molecule has 0 spiro atoms. The van der Waals surface area contributed by atoms with Crippen LogP contribution in [0.2, 0.25) is 0 Å². The Labute approximate surface area is 177 Å². The minimum Gasteiger partial charge on any atom is -0.341 e. The van der Waals surface area contributed by atoms with E-state index in [4.69, 9.17) is 0 Å². The standard InChI is InChI=1S/C25H27N3O2/c1-17(2)26-25(30)27-22-15-13-21(14-16-22)24(29)28-23(19-7-5-4-6-8-19)20-11-9-18(3)10-12-20/h4-17,23H,1-3H3,(H,28,29)(H2,26,27,30). The average molecular weight is 402 g/mol. The zero-order chi connectivity index (χ0) is 21.5. The van der Waals surface area contributed by atoms with Gasteiger partial charge in [-0.15, -0.1) is 0 Å². The molecular weight excluding hydrogens is 374 g/mol. The van der Waals surface area contributed by atoms with Gasteiger partial charge in [-0.3, -0.25) is 4.79 Å². The lowest BCUT2D eigenvalue weighted by atomic mass is 9.97. The molecule has 3 amide bonds. The first kappa shape index (κ1) is 21.1. The van der Waals surface area contributed by atoms with Crippen molar-refractivity contribution in [1.29, 1.82) is 0 Å². The summed E-state index contributed by atoms with van der Waals surface area (Å²) in [6.07, 6.45) is 0. The van der Waals surface area contributed by atoms with Gasteiger partial charge in [0.1, 0.15) is 0 Å². The quantitative estimate of drug-likeness (QED) is 0.541. The van der Waals surface area contributed by atoms with Gasteiger partial charge >= 0.3 is 6.03 Å². The molecule has 0 aliphatic carbocycles. The highest BCUT2D eigenvalue weighted by molar-refractivity contribution is 5.96. The fourth-order valence-electron chi connectivity index (χ4n) is 3.11. The number of benzene rings is 3. The molecule has 0 bridgehead atoms. The molecule has 3 aromatic carbocycles. The summed E-state index contributed by atoms with van der Waals surface area (Å²) in [6, 6.07) is 24.4. The number of rotatable bonds is 6. The Bertz CT molecular complexity index is 981. The molecule has 3 rings (SSSR count). The predicted molar refractivity (Wildman–Crippen MR) is 121 cm³/mol. The van der Waals surface area contributed by atoms with E-state index in [0.717, 1.165) is 11.1 Å². The number of urea groups is 1. The number of anilines is 1. The number of nitrogens with one attached hydrogen (secondary N) is 3. The number of amides is 3. The summed E-state index contributed by atoms with van der Waals surface area (Å²) in [5.74, 6) is -0.178. The van der Waals surface area contributed by atoms with Crippen molar-refractivity contribution in [1.82, 2.24) is 10.6 Å². The molecule has 1 atom stereocenters. The van der Waals surface area contributed by atoms with E-state index in [2.05, 4.69) is 16.0 Å². The van der Waals surface area contributed by atoms with Crippen molar-refractivity contribution in [3.63, 3.8) is 0 Å². The molecule has 0 saturated heterocycles. The van der Waals surface area contributed by atoms with Gasteiger partial charge in [-0.2, -0.15) is 0 Å². The Balaban J connectivity index is 1.75. The molecule has 5 heteroatoms. The van der Waals surface area contributed by atoms with Gasteiger partial charge in [0, 0.05) is 17.3 Å². The van der Waals surface area contributed by atoms with Crippen LogP contribution in [0.25, 0.3) is 0 Å². The zero-order valence-electron chi connectivity index (χ0n) is 17.5. The van der Waals surface area contributed by atoms with Crippen LogP contribution in [0.15, 0.2) is 78.9 Å². The summed E-state index contributed by atoms with van der Waals surface area (Å²) in [6.45, 7) is 5.82. The molecule has 30 heavy (non-hydrogen) atoms. The Morgan fingerprint density at radius 3 is 1.93 bits per heavy atom. The van der Waals surface area contributed by atoms with Gasteiger partial charge < -0.3 is 16.0 Å². The van der Waals surface area contributed by atoms with Gasteiger partial charge in [0.25, 0.3) is 5.91 Å². The summed E-state index contributed by atoms with van der Waals surface area (Å²) < 4.78 is 0. The Morgan fingerprint density at radius 2 is 1.33 bits per heavy atom. The summed E-state index contributed by atoms with van der Waals surface area (Å²) >= 11 is 0. The number of hydrogen-bond acceptors (Lipinski definition) is 2. The third-order valence-electron chi connectivity index (χ3n) is 4.64. The predicted octanol–water partition coefficient (Wildman–Crippen LogP) is 5.04. The topological polar surface area (TPSA) is 70.2 Å². The highest BCUT2D eigenvalue weighted by Crippen LogP contribution is 2.23. The van der Waals surface area contributed by atoms with Crippen molar-refractivity contribution >= 4 is 17.6 Å². The maximum absolute atomic E-state index is 12.9. The van der Waals surface area contributed by atoms with Crippen molar-refractivity contribution in [3.05, 3.63) is 101 Å². The Hall–Kier alpha value is -3.60. The lowest BCUT2D eigenvalue weighted by molar-refractivity contribution is 0.0943. The molecule has 0 aromatic heterocycles. The van der Waals surface area contributed by atoms with E-state index in [1.165, 1.54) is 5.56 Å². The highest BCUT2D eigenvalue weighted by Gasteiger charge is 2.18. The number of carbonyl (C=O) groups excluding carboxylic acids is 2. The summed E-state index contributed by atoms with van der Waals surface area (Å²) in [5.41, 5.74) is 4.35. The van der Waals surface area contributed by atoms with E-state index in [1.54, 1.807) is 24.3 Å². The van der Waals surface area contributed by atoms with Gasteiger partial charge in [-0.1, -0.05) is 60.2 Å². The van der Waals surface area contributed by atoms with Crippen LogP contribution < -0.4 is 16.0 Å². The van der Waals surface area contributed by atoms with Crippen LogP contribution in [-0.2, 0) is 0 Å². The molecule has 1 unspecified atom stereocenters. The second kappa shape index (κ2) is 9.74. The van der Waals surface area contributed by atoms with Crippen molar-refractivity contribution in [2.75, 3.05) is 5.32 Å². The molecule has 154 valence electrons. The Kier molecular flexibility index (Phi) is 6.86. The molecule has 0 fully saturated rings. The maximum atomic E-state index is 12.9. The number of carbonyl (C=O) groups is 2. The number of hydrogen-bond donors (Lipinski definition) is 3. The summed E-state index contributed by atoms with van der Waals surface area (Å²) in [4.78, 5) is 24.8. The van der Waals surface area contributed by atoms with Crippen molar-refractivity contribution in [3.8, 4) is 0 Å². The van der Waals surface area contributed by atoms with Gasteiger partial charge in [0.15, 0.2) is 0 Å². The van der Waals surface area contributed by atoms with E-state index in [9.17, 15) is 9.59 Å². The Morgan fingerprint density at radius 1 is 0.733 bits per heavy atom. The van der Waals surface area contributed by atoms with Crippen LogP contribution >= 0.6 is 0 Å². The second-order valence-corrected chi connectivity index (χ2v) is 7.56. The van der Waals surface area contributed by atoms with Crippen molar-refractivity contribution in [2.45, 2.75) is 32.9 Å². The SMILES string of the molecule is Cc1ccc(C(NC(=O)c2ccc(NC(=O)NC(C)C)cc2)c2ccccc2)cc1. The summed E-state index contributed by atoms with van der Waals surface area (Å²) in [5, 5.41) is 8.65. The highest BCUT2D eigenvalue weighted by atomic mass is 16.2. The van der Waals surface area contributed by atoms with Crippen LogP contribution in [0, 0.1) is 6.92 Å². The van der Waals surface area contributed by atoms with E-state index in [-0.39, 0.29) is 24.0 Å². The van der Waals surface area contributed by atoms with E-state index < -0.39 is 0 Å². The minimum atomic E-state index is -0.272. The fourth-order valence-corrected chi connectivity index (χ4v) is 3.11. The van der Waals surface area contributed by atoms with Crippen LogP contribution in [0.3, 0.4) is 0 Å². The van der Waals surface area contributed by atoms with Crippen LogP contribution in [0.4, 0.5) is 10.5 Å². The van der Waals surface area contributed by atoms with Gasteiger partial charge in [0.05, 0.1) is 6.04 Å². The molecule has 5 nitrogen and oxygen atoms in total. The largest absolute Gasteiger partial charge is 0.341 e. The van der Waals surface area contributed by atoms with Gasteiger partial charge in [-0.05, 0) is 56.2 Å². The number of aryl methyl sites for hydroxylation is 1. The molecule has 3 aromatic rings. The minimum absolute atomic E-state index is 0.0479. The first-order valence-corrected chi connectivity index (χ1v) is 10.0. The maximum Gasteiger partial charge on any atom is 0.319 e. The van der Waals surface area contributed by atoms with Crippen molar-refractivity contribution in [2.24, 2.45) is 0 Å². The first-order chi connectivity index (χ1) is 14.4. The second-order valence-electron chi connectivity index (χ2n) is 7.56. The van der Waals surface area contributed by atoms with Crippen LogP contribution in [-0.4, -0.2) is 18.0 Å². The molecule has 0 aliphatic rings. The smallest absolute Gasteiger partial charge is 0.319 e. The monoisotopic (exact) mass is 401 g/mol. The molecular formula is C25H27N3O2. The zero-order valence-corrected chi connectivity index (χ0v) is 17.5. The molecule has 0 aliphatic heterocycles. The molecule has 0 radical (unpaired) electrons. The van der Waals surface area contributed by atoms with Gasteiger partial charge in [0.2, 0.25) is 0 Å². The summed E-state index contributed by atoms with van der Waals surface area (Å²) in [7, 11) is 0. The normalized spacial score (nSPS) is 11.6. The lowest BCUT2D eigenvalue weighted by Crippen LogP contribution is -2.34. The molecule has 0 heterocycles. The molecule has 0 saturated carbocycles. The fraction of sp³-hybridized carbons (Fsp3) is 0.200. The van der Waals surface area contributed by atoms with E-state index in [1.807, 2.05) is 75.4 Å². The van der Waals surface area contributed by atoms with Gasteiger partial charge in [-0.25, -0.2) is 4.79 Å². The third-order valence-corrected chi connectivity index (χ3v) is 4.64. The third kappa shape index (κ3) is 5.70. The van der Waals surface area contributed by atoms with Crippen LogP contribution in [0.5, 0.6) is 0 Å². The molecule has 3 N–H and O–H groups in total. The average Bonchev–Trinajstić information content (AvgIpc) is 2.73. The first-order valence-electron chi connectivity index (χ1n) is 10.0. The lowest BCUT2D eigenvalue weighted by Gasteiger charge is -2.20. The van der Waals surface area contributed by atoms with E-state index in [0.29, 0.717) is 11.3 Å². The van der Waals surface area contributed by atoms with Crippen LogP contribution in [0.1, 0.15) is 46.9 Å².